The lowest BCUT2D eigenvalue weighted by Gasteiger charge is -2.04. The standard InChI is InChI=1S/C12H21N/c1-4-6-8-12(3)9-7-11-13-10-5-2/h4-6,11-12H,2,7-10H2,1,3H3/b6-4+,13-11?/t12-/m0/s1. The molecule has 0 radical (unpaired) electrons. The van der Waals surface area contributed by atoms with Gasteiger partial charge in [-0.1, -0.05) is 25.2 Å². The third kappa shape index (κ3) is 9.06. The Morgan fingerprint density at radius 1 is 1.46 bits per heavy atom. The van der Waals surface area contributed by atoms with Crippen LogP contribution in [0.15, 0.2) is 29.8 Å². The summed E-state index contributed by atoms with van der Waals surface area (Å²) in [5, 5.41) is 0. The van der Waals surface area contributed by atoms with E-state index in [2.05, 4.69) is 37.6 Å². The molecule has 0 amide bonds. The Morgan fingerprint density at radius 2 is 2.23 bits per heavy atom. The van der Waals surface area contributed by atoms with E-state index in [9.17, 15) is 0 Å². The normalized spacial score (nSPS) is 14.0. The van der Waals surface area contributed by atoms with E-state index in [0.29, 0.717) is 0 Å². The second-order valence-corrected chi connectivity index (χ2v) is 3.32. The summed E-state index contributed by atoms with van der Waals surface area (Å²) in [6, 6.07) is 0. The highest BCUT2D eigenvalue weighted by Gasteiger charge is 1.96. The fourth-order valence-corrected chi connectivity index (χ4v) is 1.09. The third-order valence-electron chi connectivity index (χ3n) is 1.93. The van der Waals surface area contributed by atoms with Gasteiger partial charge in [0.15, 0.2) is 0 Å². The van der Waals surface area contributed by atoms with E-state index < -0.39 is 0 Å². The fourth-order valence-electron chi connectivity index (χ4n) is 1.09. The van der Waals surface area contributed by atoms with Crippen molar-refractivity contribution in [3.05, 3.63) is 24.8 Å². The molecule has 0 aliphatic carbocycles. The second kappa shape index (κ2) is 9.24. The van der Waals surface area contributed by atoms with Gasteiger partial charge >= 0.3 is 0 Å². The van der Waals surface area contributed by atoms with Crippen LogP contribution in [0, 0.1) is 5.92 Å². The molecular formula is C12H21N. The average Bonchev–Trinajstić information content (AvgIpc) is 2.14. The monoisotopic (exact) mass is 179 g/mol. The molecule has 0 fully saturated rings. The summed E-state index contributed by atoms with van der Waals surface area (Å²) in [4.78, 5) is 4.18. The summed E-state index contributed by atoms with van der Waals surface area (Å²) in [5.41, 5.74) is 0. The zero-order valence-electron chi connectivity index (χ0n) is 8.87. The predicted molar refractivity (Wildman–Crippen MR) is 61.4 cm³/mol. The number of rotatable bonds is 7. The molecule has 13 heavy (non-hydrogen) atoms. The van der Waals surface area contributed by atoms with Gasteiger partial charge in [-0.25, -0.2) is 0 Å². The van der Waals surface area contributed by atoms with Gasteiger partial charge in [-0.15, -0.1) is 6.58 Å². The fraction of sp³-hybridized carbons (Fsp3) is 0.583. The molecule has 0 saturated carbocycles. The van der Waals surface area contributed by atoms with Crippen molar-refractivity contribution in [2.45, 2.75) is 33.1 Å². The zero-order chi connectivity index (χ0) is 9.94. The molecule has 0 aromatic carbocycles. The molecule has 74 valence electrons. The molecule has 0 bridgehead atoms. The topological polar surface area (TPSA) is 12.4 Å². The summed E-state index contributed by atoms with van der Waals surface area (Å²) in [7, 11) is 0. The highest BCUT2D eigenvalue weighted by atomic mass is 14.7. The molecule has 0 aromatic rings. The Balaban J connectivity index is 3.35. The minimum absolute atomic E-state index is 0.753. The van der Waals surface area contributed by atoms with Crippen LogP contribution in [0.4, 0.5) is 0 Å². The van der Waals surface area contributed by atoms with Crippen molar-refractivity contribution in [2.24, 2.45) is 10.9 Å². The van der Waals surface area contributed by atoms with Crippen molar-refractivity contribution in [1.29, 1.82) is 0 Å². The highest BCUT2D eigenvalue weighted by Crippen LogP contribution is 2.09. The van der Waals surface area contributed by atoms with E-state index in [0.717, 1.165) is 18.9 Å². The summed E-state index contributed by atoms with van der Waals surface area (Å²) in [6.07, 6.45) is 11.7. The molecule has 0 unspecified atom stereocenters. The number of allylic oxidation sites excluding steroid dienone is 2. The lowest BCUT2D eigenvalue weighted by atomic mass is 10.0. The smallest absolute Gasteiger partial charge is 0.0563 e. The van der Waals surface area contributed by atoms with Crippen LogP contribution >= 0.6 is 0 Å². The predicted octanol–water partition coefficient (Wildman–Crippen LogP) is 3.63. The minimum Gasteiger partial charge on any atom is -0.293 e. The summed E-state index contributed by atoms with van der Waals surface area (Å²) in [5.74, 6) is 0.770. The SMILES string of the molecule is C=CCN=CCC[C@@H](C)C/C=C/C. The first-order valence-electron chi connectivity index (χ1n) is 5.01. The van der Waals surface area contributed by atoms with Crippen LogP contribution in [0.3, 0.4) is 0 Å². The largest absolute Gasteiger partial charge is 0.293 e. The first-order valence-corrected chi connectivity index (χ1v) is 5.01. The Morgan fingerprint density at radius 3 is 2.85 bits per heavy atom. The first-order chi connectivity index (χ1) is 6.31. The Kier molecular flexibility index (Phi) is 8.64. The van der Waals surface area contributed by atoms with Crippen LogP contribution in [0.5, 0.6) is 0 Å². The van der Waals surface area contributed by atoms with Crippen LogP contribution in [-0.4, -0.2) is 12.8 Å². The lowest BCUT2D eigenvalue weighted by Crippen LogP contribution is -1.93. The molecule has 0 N–H and O–H groups in total. The number of nitrogens with zero attached hydrogens (tertiary/aromatic N) is 1. The minimum atomic E-state index is 0.753. The first kappa shape index (κ1) is 12.2. The number of hydrogen-bond acceptors (Lipinski definition) is 1. The van der Waals surface area contributed by atoms with Crippen molar-refractivity contribution in [1.82, 2.24) is 0 Å². The molecule has 0 aliphatic rings. The van der Waals surface area contributed by atoms with Crippen LogP contribution in [0.25, 0.3) is 0 Å². The van der Waals surface area contributed by atoms with Crippen molar-refractivity contribution in [2.75, 3.05) is 6.54 Å². The maximum Gasteiger partial charge on any atom is 0.0563 e. The quantitative estimate of drug-likeness (QED) is 0.418. The van der Waals surface area contributed by atoms with E-state index in [4.69, 9.17) is 0 Å². The Labute approximate surface area is 82.3 Å². The number of hydrogen-bond donors (Lipinski definition) is 0. The van der Waals surface area contributed by atoms with Gasteiger partial charge in [-0.3, -0.25) is 4.99 Å². The molecule has 0 saturated heterocycles. The maximum absolute atomic E-state index is 4.18. The lowest BCUT2D eigenvalue weighted by molar-refractivity contribution is 0.555. The molecule has 0 aromatic heterocycles. The number of aliphatic imine (C=N–C) groups is 1. The molecule has 0 aliphatic heterocycles. The van der Waals surface area contributed by atoms with Gasteiger partial charge < -0.3 is 0 Å². The summed E-state index contributed by atoms with van der Waals surface area (Å²) < 4.78 is 0. The van der Waals surface area contributed by atoms with Crippen molar-refractivity contribution in [3.63, 3.8) is 0 Å². The van der Waals surface area contributed by atoms with Gasteiger partial charge in [0, 0.05) is 0 Å². The van der Waals surface area contributed by atoms with Crippen LogP contribution in [0.2, 0.25) is 0 Å². The molecule has 0 heterocycles. The van der Waals surface area contributed by atoms with Gasteiger partial charge in [0.1, 0.15) is 0 Å². The van der Waals surface area contributed by atoms with Gasteiger partial charge in [0.25, 0.3) is 0 Å². The third-order valence-corrected chi connectivity index (χ3v) is 1.93. The molecule has 0 spiro atoms. The van der Waals surface area contributed by atoms with Crippen LogP contribution < -0.4 is 0 Å². The van der Waals surface area contributed by atoms with Gasteiger partial charge in [0.05, 0.1) is 6.54 Å². The zero-order valence-corrected chi connectivity index (χ0v) is 8.87. The van der Waals surface area contributed by atoms with E-state index in [1.54, 1.807) is 0 Å². The molecule has 1 nitrogen and oxygen atoms in total. The highest BCUT2D eigenvalue weighted by molar-refractivity contribution is 5.57. The van der Waals surface area contributed by atoms with Gasteiger partial charge in [-0.05, 0) is 38.3 Å². The van der Waals surface area contributed by atoms with Crippen LogP contribution in [0.1, 0.15) is 33.1 Å². The van der Waals surface area contributed by atoms with Crippen molar-refractivity contribution >= 4 is 6.21 Å². The van der Waals surface area contributed by atoms with E-state index >= 15 is 0 Å². The van der Waals surface area contributed by atoms with Gasteiger partial charge in [0.2, 0.25) is 0 Å². The summed E-state index contributed by atoms with van der Waals surface area (Å²) >= 11 is 0. The molecular weight excluding hydrogens is 158 g/mol. The van der Waals surface area contributed by atoms with E-state index in [1.807, 2.05) is 12.3 Å². The second-order valence-electron chi connectivity index (χ2n) is 3.32. The average molecular weight is 179 g/mol. The van der Waals surface area contributed by atoms with Crippen LogP contribution in [-0.2, 0) is 0 Å². The molecule has 1 heteroatoms. The van der Waals surface area contributed by atoms with E-state index in [1.165, 1.54) is 12.8 Å². The van der Waals surface area contributed by atoms with Crippen molar-refractivity contribution < 1.29 is 0 Å². The molecule has 1 atom stereocenters. The Bertz CT molecular complexity index is 168. The van der Waals surface area contributed by atoms with Crippen molar-refractivity contribution in [3.8, 4) is 0 Å². The maximum atomic E-state index is 4.18. The van der Waals surface area contributed by atoms with Gasteiger partial charge in [-0.2, -0.15) is 0 Å². The Hall–Kier alpha value is -0.850. The molecule has 0 rings (SSSR count). The summed E-state index contributed by atoms with van der Waals surface area (Å²) in [6.45, 7) is 8.71. The van der Waals surface area contributed by atoms with E-state index in [-0.39, 0.29) is 0 Å².